The maximum atomic E-state index is 12.7. The molecule has 0 bridgehead atoms. The molecule has 4 nitrogen and oxygen atoms in total. The lowest BCUT2D eigenvalue weighted by Gasteiger charge is -2.35. The van der Waals surface area contributed by atoms with Crippen LogP contribution in [0.3, 0.4) is 0 Å². The predicted molar refractivity (Wildman–Crippen MR) is 84.5 cm³/mol. The van der Waals surface area contributed by atoms with E-state index in [1.807, 2.05) is 17.0 Å². The summed E-state index contributed by atoms with van der Waals surface area (Å²) in [5.41, 5.74) is 0.785. The van der Waals surface area contributed by atoms with E-state index in [2.05, 4.69) is 23.7 Å². The first kappa shape index (κ1) is 14.4. The van der Waals surface area contributed by atoms with Gasteiger partial charge in [0.05, 0.1) is 0 Å². The van der Waals surface area contributed by atoms with Crippen LogP contribution in [0.1, 0.15) is 43.5 Å². The highest BCUT2D eigenvalue weighted by Crippen LogP contribution is 2.24. The second-order valence-corrected chi connectivity index (χ2v) is 6.75. The van der Waals surface area contributed by atoms with Crippen LogP contribution in [0.25, 0.3) is 0 Å². The topological polar surface area (TPSA) is 36.4 Å². The Hall–Kier alpha value is -1.58. The Morgan fingerprint density at radius 3 is 2.52 bits per heavy atom. The minimum Gasteiger partial charge on any atom is -0.357 e. The number of pyridine rings is 1. The molecule has 3 rings (SSSR count). The molecular weight excluding hydrogens is 262 g/mol. The number of likely N-dealkylation sites (tertiary alicyclic amines) is 1. The molecule has 0 saturated carbocycles. The molecular formula is C17H25N3O. The van der Waals surface area contributed by atoms with Crippen LogP contribution in [-0.4, -0.2) is 42.0 Å². The van der Waals surface area contributed by atoms with Gasteiger partial charge in [0.25, 0.3) is 5.91 Å². The lowest BCUT2D eigenvalue weighted by molar-refractivity contribution is 0.0623. The van der Waals surface area contributed by atoms with Crippen LogP contribution < -0.4 is 4.90 Å². The van der Waals surface area contributed by atoms with Crippen LogP contribution in [0.4, 0.5) is 5.82 Å². The first-order chi connectivity index (χ1) is 10.1. The molecule has 2 aliphatic rings. The van der Waals surface area contributed by atoms with Crippen LogP contribution in [-0.2, 0) is 0 Å². The predicted octanol–water partition coefficient (Wildman–Crippen LogP) is 2.80. The summed E-state index contributed by atoms with van der Waals surface area (Å²) >= 11 is 0. The van der Waals surface area contributed by atoms with Gasteiger partial charge in [-0.1, -0.05) is 13.8 Å². The van der Waals surface area contributed by atoms with E-state index in [1.165, 1.54) is 19.3 Å². The van der Waals surface area contributed by atoms with Crippen molar-refractivity contribution in [2.75, 3.05) is 31.1 Å². The van der Waals surface area contributed by atoms with Gasteiger partial charge in [-0.3, -0.25) is 4.79 Å². The summed E-state index contributed by atoms with van der Waals surface area (Å²) < 4.78 is 0. The van der Waals surface area contributed by atoms with E-state index in [0.717, 1.165) is 37.6 Å². The highest BCUT2D eigenvalue weighted by Gasteiger charge is 2.26. The van der Waals surface area contributed by atoms with E-state index < -0.39 is 0 Å². The van der Waals surface area contributed by atoms with Gasteiger partial charge in [-0.15, -0.1) is 0 Å². The molecule has 3 heterocycles. The van der Waals surface area contributed by atoms with Crippen molar-refractivity contribution in [1.29, 1.82) is 0 Å². The number of aromatic nitrogens is 1. The molecule has 1 aromatic heterocycles. The minimum atomic E-state index is 0.163. The summed E-state index contributed by atoms with van der Waals surface area (Å²) in [6, 6.07) is 3.82. The summed E-state index contributed by atoms with van der Waals surface area (Å²) in [6.45, 7) is 8.34. The van der Waals surface area contributed by atoms with Crippen LogP contribution in [0.15, 0.2) is 18.3 Å². The third kappa shape index (κ3) is 3.20. The third-order valence-electron chi connectivity index (χ3n) is 4.58. The van der Waals surface area contributed by atoms with Crippen molar-refractivity contribution in [3.63, 3.8) is 0 Å². The minimum absolute atomic E-state index is 0.163. The van der Waals surface area contributed by atoms with Crippen molar-refractivity contribution in [2.24, 2.45) is 11.8 Å². The van der Waals surface area contributed by atoms with Gasteiger partial charge >= 0.3 is 0 Å². The van der Waals surface area contributed by atoms with Gasteiger partial charge < -0.3 is 9.80 Å². The lowest BCUT2D eigenvalue weighted by atomic mass is 9.91. The number of carbonyl (C=O) groups excluding carboxylic acids is 1. The summed E-state index contributed by atoms with van der Waals surface area (Å²) in [5, 5.41) is 0. The summed E-state index contributed by atoms with van der Waals surface area (Å²) in [5.74, 6) is 2.31. The van der Waals surface area contributed by atoms with E-state index in [9.17, 15) is 4.79 Å². The number of anilines is 1. The normalized spacial score (nSPS) is 26.2. The van der Waals surface area contributed by atoms with Gasteiger partial charge in [0.15, 0.2) is 0 Å². The Kier molecular flexibility index (Phi) is 4.13. The Balaban J connectivity index is 1.76. The van der Waals surface area contributed by atoms with Crippen molar-refractivity contribution in [3.8, 4) is 0 Å². The molecule has 2 saturated heterocycles. The zero-order valence-corrected chi connectivity index (χ0v) is 13.1. The summed E-state index contributed by atoms with van der Waals surface area (Å²) in [6.07, 6.45) is 5.44. The smallest absolute Gasteiger partial charge is 0.254 e. The fourth-order valence-corrected chi connectivity index (χ4v) is 3.68. The van der Waals surface area contributed by atoms with Crippen LogP contribution in [0.5, 0.6) is 0 Å². The molecule has 114 valence electrons. The zero-order valence-electron chi connectivity index (χ0n) is 13.1. The molecule has 2 atom stereocenters. The molecule has 0 radical (unpaired) electrons. The molecule has 0 aliphatic carbocycles. The molecule has 21 heavy (non-hydrogen) atoms. The first-order valence-corrected chi connectivity index (χ1v) is 8.14. The van der Waals surface area contributed by atoms with Gasteiger partial charge in [0, 0.05) is 37.9 Å². The fraction of sp³-hybridized carbons (Fsp3) is 0.647. The molecule has 4 heteroatoms. The molecule has 0 aromatic carbocycles. The number of nitrogens with zero attached hydrogens (tertiary/aromatic N) is 3. The number of carbonyl (C=O) groups is 1. The van der Waals surface area contributed by atoms with E-state index in [1.54, 1.807) is 6.20 Å². The highest BCUT2D eigenvalue weighted by molar-refractivity contribution is 5.95. The maximum absolute atomic E-state index is 12.7. The van der Waals surface area contributed by atoms with Crippen molar-refractivity contribution in [3.05, 3.63) is 23.9 Å². The Morgan fingerprint density at radius 1 is 1.19 bits per heavy atom. The van der Waals surface area contributed by atoms with E-state index in [4.69, 9.17) is 0 Å². The number of piperidine rings is 1. The fourth-order valence-electron chi connectivity index (χ4n) is 3.68. The van der Waals surface area contributed by atoms with E-state index in [-0.39, 0.29) is 5.91 Å². The van der Waals surface area contributed by atoms with Crippen molar-refractivity contribution in [1.82, 2.24) is 9.88 Å². The Morgan fingerprint density at radius 2 is 1.86 bits per heavy atom. The van der Waals surface area contributed by atoms with E-state index in [0.29, 0.717) is 11.8 Å². The quantitative estimate of drug-likeness (QED) is 0.839. The average molecular weight is 287 g/mol. The number of rotatable bonds is 2. The number of amides is 1. The molecule has 1 aromatic rings. The second-order valence-electron chi connectivity index (χ2n) is 6.75. The standard InChI is InChI=1S/C17H25N3O/c1-13-9-14(2)12-20(11-13)17(21)15-5-6-18-16(10-15)19-7-3-4-8-19/h5-6,10,13-14H,3-4,7-9,11-12H2,1-2H3. The number of hydrogen-bond donors (Lipinski definition) is 0. The van der Waals surface area contributed by atoms with Crippen molar-refractivity contribution < 1.29 is 4.79 Å². The maximum Gasteiger partial charge on any atom is 0.254 e. The molecule has 0 spiro atoms. The monoisotopic (exact) mass is 287 g/mol. The van der Waals surface area contributed by atoms with Gasteiger partial charge in [0.2, 0.25) is 0 Å². The highest BCUT2D eigenvalue weighted by atomic mass is 16.2. The van der Waals surface area contributed by atoms with Gasteiger partial charge in [-0.2, -0.15) is 0 Å². The van der Waals surface area contributed by atoms with Gasteiger partial charge in [0.1, 0.15) is 5.82 Å². The van der Waals surface area contributed by atoms with Crippen molar-refractivity contribution in [2.45, 2.75) is 33.1 Å². The Bertz CT molecular complexity index is 501. The first-order valence-electron chi connectivity index (χ1n) is 8.14. The van der Waals surface area contributed by atoms with Crippen LogP contribution in [0.2, 0.25) is 0 Å². The Labute approximate surface area is 127 Å². The molecule has 1 amide bonds. The largest absolute Gasteiger partial charge is 0.357 e. The summed E-state index contributed by atoms with van der Waals surface area (Å²) in [4.78, 5) is 21.5. The van der Waals surface area contributed by atoms with Gasteiger partial charge in [-0.05, 0) is 43.2 Å². The van der Waals surface area contributed by atoms with Crippen LogP contribution in [0, 0.1) is 11.8 Å². The lowest BCUT2D eigenvalue weighted by Crippen LogP contribution is -2.42. The summed E-state index contributed by atoms with van der Waals surface area (Å²) in [7, 11) is 0. The van der Waals surface area contributed by atoms with Gasteiger partial charge in [-0.25, -0.2) is 4.98 Å². The third-order valence-corrected chi connectivity index (χ3v) is 4.58. The molecule has 2 unspecified atom stereocenters. The molecule has 0 N–H and O–H groups in total. The van der Waals surface area contributed by atoms with Crippen molar-refractivity contribution >= 4 is 11.7 Å². The average Bonchev–Trinajstić information content (AvgIpc) is 3.00. The van der Waals surface area contributed by atoms with Crippen LogP contribution >= 0.6 is 0 Å². The molecule has 2 aliphatic heterocycles. The molecule has 2 fully saturated rings. The van der Waals surface area contributed by atoms with E-state index >= 15 is 0 Å². The number of hydrogen-bond acceptors (Lipinski definition) is 3. The SMILES string of the molecule is CC1CC(C)CN(C(=O)c2ccnc(N3CCCC3)c2)C1. The zero-order chi connectivity index (χ0) is 14.8. The second kappa shape index (κ2) is 6.04.